The zero-order valence-corrected chi connectivity index (χ0v) is 10.3. The molecule has 0 saturated carbocycles. The van der Waals surface area contributed by atoms with E-state index in [4.69, 9.17) is 4.74 Å². The van der Waals surface area contributed by atoms with Crippen LogP contribution in [0.1, 0.15) is 19.2 Å². The van der Waals surface area contributed by atoms with Crippen LogP contribution in [0.15, 0.2) is 12.1 Å². The molecule has 5 nitrogen and oxygen atoms in total. The fourth-order valence-corrected chi connectivity index (χ4v) is 1.69. The molecule has 2 aromatic heterocycles. The Kier molecular flexibility index (Phi) is 3.93. The van der Waals surface area contributed by atoms with Crippen LogP contribution in [0, 0.1) is 0 Å². The average Bonchev–Trinajstić information content (AvgIpc) is 2.76. The highest BCUT2D eigenvalue weighted by molar-refractivity contribution is 5.72. The molecule has 0 atom stereocenters. The highest BCUT2D eigenvalue weighted by atomic mass is 16.5. The van der Waals surface area contributed by atoms with Crippen molar-refractivity contribution in [1.82, 2.24) is 15.0 Å². The van der Waals surface area contributed by atoms with E-state index in [1.54, 1.807) is 0 Å². The van der Waals surface area contributed by atoms with Crippen LogP contribution in [0.5, 0.6) is 0 Å². The van der Waals surface area contributed by atoms with E-state index in [2.05, 4.69) is 20.3 Å². The second kappa shape index (κ2) is 5.63. The monoisotopic (exact) mass is 234 g/mol. The highest BCUT2D eigenvalue weighted by Crippen LogP contribution is 2.13. The molecular formula is C12H18N4O. The van der Waals surface area contributed by atoms with Gasteiger partial charge in [-0.25, -0.2) is 9.97 Å². The van der Waals surface area contributed by atoms with Crippen LogP contribution >= 0.6 is 0 Å². The molecule has 0 aliphatic rings. The van der Waals surface area contributed by atoms with E-state index in [1.165, 1.54) is 0 Å². The summed E-state index contributed by atoms with van der Waals surface area (Å²) in [5, 5.41) is 3.00. The molecule has 0 aliphatic carbocycles. The third-order valence-corrected chi connectivity index (χ3v) is 2.56. The van der Waals surface area contributed by atoms with Gasteiger partial charge >= 0.3 is 0 Å². The molecule has 2 aromatic rings. The number of H-pyrrole nitrogens is 1. The van der Waals surface area contributed by atoms with Gasteiger partial charge in [-0.2, -0.15) is 0 Å². The molecule has 0 aromatic carbocycles. The Morgan fingerprint density at radius 1 is 1.35 bits per heavy atom. The number of fused-ring (bicyclic) bond motifs is 1. The van der Waals surface area contributed by atoms with Crippen LogP contribution < -0.4 is 5.32 Å². The van der Waals surface area contributed by atoms with Gasteiger partial charge in [0.15, 0.2) is 5.65 Å². The molecule has 2 heterocycles. The van der Waals surface area contributed by atoms with Crippen molar-refractivity contribution in [3.8, 4) is 0 Å². The molecule has 92 valence electrons. The number of rotatable bonds is 6. The Morgan fingerprint density at radius 3 is 3.00 bits per heavy atom. The second-order valence-electron chi connectivity index (χ2n) is 3.80. The van der Waals surface area contributed by atoms with Crippen molar-refractivity contribution >= 4 is 17.0 Å². The highest BCUT2D eigenvalue weighted by Gasteiger charge is 2.04. The molecule has 0 aliphatic heterocycles. The molecule has 0 unspecified atom stereocenters. The third kappa shape index (κ3) is 2.94. The van der Waals surface area contributed by atoms with Gasteiger partial charge in [-0.1, -0.05) is 0 Å². The molecule has 5 heteroatoms. The standard InChI is InChI=1S/C12H18N4O/c1-3-17-8-4-5-11-14-9-6-7-10(13-2)15-12(9)16-11/h6-7H,3-5,8H2,1-2H3,(H2,13,14,15,16). The maximum atomic E-state index is 5.30. The van der Waals surface area contributed by atoms with Crippen LogP contribution in [-0.2, 0) is 11.2 Å². The maximum Gasteiger partial charge on any atom is 0.179 e. The first-order valence-corrected chi connectivity index (χ1v) is 5.94. The van der Waals surface area contributed by atoms with Crippen molar-refractivity contribution < 1.29 is 4.74 Å². The first kappa shape index (κ1) is 11.9. The largest absolute Gasteiger partial charge is 0.382 e. The van der Waals surface area contributed by atoms with Gasteiger partial charge in [0.1, 0.15) is 11.6 Å². The van der Waals surface area contributed by atoms with Gasteiger partial charge in [-0.15, -0.1) is 0 Å². The number of imidazole rings is 1. The van der Waals surface area contributed by atoms with Gasteiger partial charge in [-0.3, -0.25) is 0 Å². The normalized spacial score (nSPS) is 10.9. The fourth-order valence-electron chi connectivity index (χ4n) is 1.69. The summed E-state index contributed by atoms with van der Waals surface area (Å²) in [6.07, 6.45) is 1.87. The van der Waals surface area contributed by atoms with Gasteiger partial charge in [0.25, 0.3) is 0 Å². The molecule has 0 amide bonds. The van der Waals surface area contributed by atoms with E-state index in [1.807, 2.05) is 26.1 Å². The Hall–Kier alpha value is -1.62. The summed E-state index contributed by atoms with van der Waals surface area (Å²) in [6, 6.07) is 3.93. The number of hydrogen-bond acceptors (Lipinski definition) is 4. The quantitative estimate of drug-likeness (QED) is 0.750. The minimum Gasteiger partial charge on any atom is -0.382 e. The predicted octanol–water partition coefficient (Wildman–Crippen LogP) is 1.97. The van der Waals surface area contributed by atoms with Gasteiger partial charge in [0, 0.05) is 26.7 Å². The number of nitrogens with one attached hydrogen (secondary N) is 2. The Morgan fingerprint density at radius 2 is 2.24 bits per heavy atom. The number of aryl methyl sites for hydroxylation is 1. The first-order valence-electron chi connectivity index (χ1n) is 5.94. The SMILES string of the molecule is CCOCCCc1nc2nc(NC)ccc2[nH]1. The van der Waals surface area contributed by atoms with Gasteiger partial charge in [0.05, 0.1) is 5.52 Å². The average molecular weight is 234 g/mol. The summed E-state index contributed by atoms with van der Waals surface area (Å²) in [7, 11) is 1.85. The summed E-state index contributed by atoms with van der Waals surface area (Å²) < 4.78 is 5.30. The summed E-state index contributed by atoms with van der Waals surface area (Å²) in [5.74, 6) is 1.81. The van der Waals surface area contributed by atoms with Crippen molar-refractivity contribution in [2.45, 2.75) is 19.8 Å². The number of hydrogen-bond donors (Lipinski definition) is 2. The van der Waals surface area contributed by atoms with Crippen LogP contribution in [0.25, 0.3) is 11.2 Å². The Balaban J connectivity index is 2.04. The minimum absolute atomic E-state index is 0.767. The predicted molar refractivity (Wildman–Crippen MR) is 68.2 cm³/mol. The van der Waals surface area contributed by atoms with E-state index < -0.39 is 0 Å². The molecule has 0 fully saturated rings. The Labute approximate surface area is 101 Å². The van der Waals surface area contributed by atoms with Crippen molar-refractivity contribution in [2.75, 3.05) is 25.6 Å². The lowest BCUT2D eigenvalue weighted by Gasteiger charge is -1.98. The van der Waals surface area contributed by atoms with E-state index in [9.17, 15) is 0 Å². The second-order valence-corrected chi connectivity index (χ2v) is 3.80. The molecule has 0 bridgehead atoms. The molecule has 17 heavy (non-hydrogen) atoms. The zero-order valence-electron chi connectivity index (χ0n) is 10.3. The van der Waals surface area contributed by atoms with Crippen LogP contribution in [0.4, 0.5) is 5.82 Å². The lowest BCUT2D eigenvalue weighted by Crippen LogP contribution is -1.97. The molecule has 0 spiro atoms. The number of aromatic nitrogens is 3. The maximum absolute atomic E-state index is 5.30. The number of ether oxygens (including phenoxy) is 1. The molecule has 2 rings (SSSR count). The topological polar surface area (TPSA) is 62.8 Å². The summed E-state index contributed by atoms with van der Waals surface area (Å²) in [4.78, 5) is 12.1. The van der Waals surface area contributed by atoms with Gasteiger partial charge in [-0.05, 0) is 25.5 Å². The van der Waals surface area contributed by atoms with Gasteiger partial charge < -0.3 is 15.0 Å². The van der Waals surface area contributed by atoms with Crippen LogP contribution in [0.3, 0.4) is 0 Å². The number of nitrogens with zero attached hydrogens (tertiary/aromatic N) is 2. The Bertz CT molecular complexity index is 480. The summed E-state index contributed by atoms with van der Waals surface area (Å²) >= 11 is 0. The zero-order chi connectivity index (χ0) is 12.1. The van der Waals surface area contributed by atoms with E-state index in [-0.39, 0.29) is 0 Å². The van der Waals surface area contributed by atoms with E-state index >= 15 is 0 Å². The number of aromatic amines is 1. The first-order chi connectivity index (χ1) is 8.33. The van der Waals surface area contributed by atoms with Crippen molar-refractivity contribution in [2.24, 2.45) is 0 Å². The van der Waals surface area contributed by atoms with Gasteiger partial charge in [0.2, 0.25) is 0 Å². The summed E-state index contributed by atoms with van der Waals surface area (Å²) in [6.45, 7) is 3.56. The fraction of sp³-hybridized carbons (Fsp3) is 0.500. The summed E-state index contributed by atoms with van der Waals surface area (Å²) in [5.41, 5.74) is 1.75. The molecule has 0 radical (unpaired) electrons. The van der Waals surface area contributed by atoms with Crippen molar-refractivity contribution in [1.29, 1.82) is 0 Å². The van der Waals surface area contributed by atoms with Crippen LogP contribution in [-0.4, -0.2) is 35.2 Å². The van der Waals surface area contributed by atoms with Crippen molar-refractivity contribution in [3.63, 3.8) is 0 Å². The minimum atomic E-state index is 0.767. The molecular weight excluding hydrogens is 216 g/mol. The lowest BCUT2D eigenvalue weighted by molar-refractivity contribution is 0.145. The van der Waals surface area contributed by atoms with Crippen LogP contribution in [0.2, 0.25) is 0 Å². The van der Waals surface area contributed by atoms with E-state index in [0.29, 0.717) is 0 Å². The van der Waals surface area contributed by atoms with Crippen molar-refractivity contribution in [3.05, 3.63) is 18.0 Å². The number of anilines is 1. The smallest absolute Gasteiger partial charge is 0.179 e. The molecule has 0 saturated heterocycles. The van der Waals surface area contributed by atoms with E-state index in [0.717, 1.165) is 48.9 Å². The third-order valence-electron chi connectivity index (χ3n) is 2.56. The lowest BCUT2D eigenvalue weighted by atomic mass is 10.3. The number of pyridine rings is 1. The molecule has 2 N–H and O–H groups in total.